The highest BCUT2D eigenvalue weighted by molar-refractivity contribution is 7.91. The molecule has 20 heavy (non-hydrogen) atoms. The van der Waals surface area contributed by atoms with Gasteiger partial charge in [0.15, 0.2) is 0 Å². The normalized spacial score (nSPS) is 25.6. The lowest BCUT2D eigenvalue weighted by Gasteiger charge is -2.34. The topological polar surface area (TPSA) is 55.4 Å². The molecule has 5 heteroatoms. The van der Waals surface area contributed by atoms with Crippen LogP contribution in [0.1, 0.15) is 52.4 Å². The molecule has 1 fully saturated rings. The van der Waals surface area contributed by atoms with Gasteiger partial charge in [-0.1, -0.05) is 13.3 Å². The third-order valence-corrected chi connectivity index (χ3v) is 5.91. The Bertz CT molecular complexity index is 356. The maximum Gasteiger partial charge on any atom is 0.150 e. The quantitative estimate of drug-likeness (QED) is 0.665. The van der Waals surface area contributed by atoms with Crippen LogP contribution in [0, 0.1) is 5.92 Å². The van der Waals surface area contributed by atoms with Gasteiger partial charge in [0.25, 0.3) is 0 Å². The smallest absolute Gasteiger partial charge is 0.150 e. The van der Waals surface area contributed by atoms with Gasteiger partial charge in [-0.05, 0) is 51.5 Å². The zero-order chi connectivity index (χ0) is 15.0. The van der Waals surface area contributed by atoms with Gasteiger partial charge in [-0.25, -0.2) is 8.42 Å². The summed E-state index contributed by atoms with van der Waals surface area (Å²) in [4.78, 5) is 0. The van der Waals surface area contributed by atoms with Crippen LogP contribution in [0.25, 0.3) is 0 Å². The molecule has 0 aromatic carbocycles. The molecule has 3 unspecified atom stereocenters. The highest BCUT2D eigenvalue weighted by Crippen LogP contribution is 2.31. The van der Waals surface area contributed by atoms with E-state index in [1.54, 1.807) is 0 Å². The molecule has 120 valence electrons. The Kier molecular flexibility index (Phi) is 8.07. The van der Waals surface area contributed by atoms with Crippen molar-refractivity contribution in [2.45, 2.75) is 63.7 Å². The number of rotatable bonds is 9. The minimum Gasteiger partial charge on any atom is -0.382 e. The van der Waals surface area contributed by atoms with Gasteiger partial charge < -0.3 is 10.1 Å². The average Bonchev–Trinajstić information content (AvgIpc) is 2.42. The molecule has 0 saturated heterocycles. The maximum atomic E-state index is 11.8. The molecule has 3 atom stereocenters. The van der Waals surface area contributed by atoms with E-state index < -0.39 is 9.84 Å². The van der Waals surface area contributed by atoms with E-state index in [2.05, 4.69) is 12.2 Å². The van der Waals surface area contributed by atoms with Crippen LogP contribution >= 0.6 is 0 Å². The first-order valence-electron chi connectivity index (χ1n) is 7.99. The summed E-state index contributed by atoms with van der Waals surface area (Å²) in [5.74, 6) is 0.468. The molecule has 0 heterocycles. The minimum absolute atomic E-state index is 0.140. The molecule has 0 aromatic rings. The Morgan fingerprint density at radius 2 is 2.05 bits per heavy atom. The summed E-state index contributed by atoms with van der Waals surface area (Å²) in [6, 6.07) is 0.394. The molecule has 1 saturated carbocycles. The van der Waals surface area contributed by atoms with Crippen molar-refractivity contribution in [3.63, 3.8) is 0 Å². The maximum absolute atomic E-state index is 11.8. The van der Waals surface area contributed by atoms with E-state index in [4.69, 9.17) is 4.74 Å². The second-order valence-corrected chi connectivity index (χ2v) is 8.25. The summed E-state index contributed by atoms with van der Waals surface area (Å²) in [6.07, 6.45) is 7.28. The Morgan fingerprint density at radius 1 is 1.30 bits per heavy atom. The van der Waals surface area contributed by atoms with Crippen LogP contribution < -0.4 is 5.32 Å². The van der Waals surface area contributed by atoms with Crippen LogP contribution in [0.3, 0.4) is 0 Å². The Balaban J connectivity index is 2.58. The zero-order valence-corrected chi connectivity index (χ0v) is 14.0. The van der Waals surface area contributed by atoms with Crippen molar-refractivity contribution in [1.82, 2.24) is 5.32 Å². The second kappa shape index (κ2) is 9.00. The fourth-order valence-electron chi connectivity index (χ4n) is 3.12. The fourth-order valence-corrected chi connectivity index (χ4v) is 4.32. The van der Waals surface area contributed by atoms with E-state index in [1.165, 1.54) is 6.26 Å². The molecule has 1 aliphatic rings. The lowest BCUT2D eigenvalue weighted by Crippen LogP contribution is -2.42. The van der Waals surface area contributed by atoms with Crippen molar-refractivity contribution >= 4 is 9.84 Å². The van der Waals surface area contributed by atoms with Crippen molar-refractivity contribution in [2.24, 2.45) is 5.92 Å². The summed E-state index contributed by atoms with van der Waals surface area (Å²) in [7, 11) is -2.90. The van der Waals surface area contributed by atoms with Crippen molar-refractivity contribution in [3.8, 4) is 0 Å². The predicted molar refractivity (Wildman–Crippen MR) is 83.8 cm³/mol. The average molecular weight is 305 g/mol. The van der Waals surface area contributed by atoms with E-state index >= 15 is 0 Å². The lowest BCUT2D eigenvalue weighted by molar-refractivity contribution is 0.123. The van der Waals surface area contributed by atoms with E-state index in [0.717, 1.165) is 58.3 Å². The van der Waals surface area contributed by atoms with Gasteiger partial charge in [0, 0.05) is 25.5 Å². The van der Waals surface area contributed by atoms with Crippen molar-refractivity contribution in [2.75, 3.05) is 26.0 Å². The van der Waals surface area contributed by atoms with Crippen LogP contribution in [-0.2, 0) is 14.6 Å². The van der Waals surface area contributed by atoms with Crippen LogP contribution in [-0.4, -0.2) is 45.7 Å². The van der Waals surface area contributed by atoms with Gasteiger partial charge in [-0.2, -0.15) is 0 Å². The molecule has 0 bridgehead atoms. The third kappa shape index (κ3) is 6.10. The Labute approximate surface area is 124 Å². The van der Waals surface area contributed by atoms with Crippen molar-refractivity contribution < 1.29 is 13.2 Å². The van der Waals surface area contributed by atoms with Gasteiger partial charge in [-0.15, -0.1) is 0 Å². The molecule has 0 aromatic heterocycles. The lowest BCUT2D eigenvalue weighted by atomic mass is 9.82. The van der Waals surface area contributed by atoms with Gasteiger partial charge in [-0.3, -0.25) is 0 Å². The first kappa shape index (κ1) is 17.9. The molecule has 0 amide bonds. The monoisotopic (exact) mass is 305 g/mol. The van der Waals surface area contributed by atoms with Crippen LogP contribution in [0.2, 0.25) is 0 Å². The first-order valence-corrected chi connectivity index (χ1v) is 9.94. The van der Waals surface area contributed by atoms with E-state index in [0.29, 0.717) is 12.0 Å². The standard InChI is InChI=1S/C15H31NO3S/c1-4-10-16-15(9-11-19-5-2)13-7-6-8-14(12-13)20(3,17)18/h13-16H,4-12H2,1-3H3. The highest BCUT2D eigenvalue weighted by atomic mass is 32.2. The predicted octanol–water partition coefficient (Wildman–Crippen LogP) is 2.38. The highest BCUT2D eigenvalue weighted by Gasteiger charge is 2.32. The summed E-state index contributed by atoms with van der Waals surface area (Å²) in [5, 5.41) is 3.46. The first-order chi connectivity index (χ1) is 9.49. The number of ether oxygens (including phenoxy) is 1. The summed E-state index contributed by atoms with van der Waals surface area (Å²) in [5.41, 5.74) is 0. The molecule has 0 aliphatic heterocycles. The molecule has 0 radical (unpaired) electrons. The summed E-state index contributed by atoms with van der Waals surface area (Å²) < 4.78 is 29.0. The van der Waals surface area contributed by atoms with Crippen LogP contribution in [0.4, 0.5) is 0 Å². The Hall–Kier alpha value is -0.130. The zero-order valence-electron chi connectivity index (χ0n) is 13.2. The van der Waals surface area contributed by atoms with Crippen molar-refractivity contribution in [3.05, 3.63) is 0 Å². The van der Waals surface area contributed by atoms with Gasteiger partial charge in [0.2, 0.25) is 0 Å². The number of hydrogen-bond acceptors (Lipinski definition) is 4. The molecule has 1 N–H and O–H groups in total. The minimum atomic E-state index is -2.90. The number of sulfone groups is 1. The fraction of sp³-hybridized carbons (Fsp3) is 1.00. The molecule has 0 spiro atoms. The van der Waals surface area contributed by atoms with E-state index in [1.807, 2.05) is 6.92 Å². The SMILES string of the molecule is CCCNC(CCOCC)C1CCCC(S(C)(=O)=O)C1. The Morgan fingerprint density at radius 3 is 2.65 bits per heavy atom. The van der Waals surface area contributed by atoms with E-state index in [9.17, 15) is 8.42 Å². The van der Waals surface area contributed by atoms with Gasteiger partial charge in [0.1, 0.15) is 9.84 Å². The number of nitrogens with one attached hydrogen (secondary N) is 1. The third-order valence-electron chi connectivity index (χ3n) is 4.28. The molecule has 1 aliphatic carbocycles. The van der Waals surface area contributed by atoms with Gasteiger partial charge in [0.05, 0.1) is 5.25 Å². The largest absolute Gasteiger partial charge is 0.382 e. The van der Waals surface area contributed by atoms with Crippen molar-refractivity contribution in [1.29, 1.82) is 0 Å². The van der Waals surface area contributed by atoms with Crippen LogP contribution in [0.15, 0.2) is 0 Å². The molecular weight excluding hydrogens is 274 g/mol. The number of hydrogen-bond donors (Lipinski definition) is 1. The summed E-state index contributed by atoms with van der Waals surface area (Å²) >= 11 is 0. The van der Waals surface area contributed by atoms with Crippen LogP contribution in [0.5, 0.6) is 0 Å². The molecule has 4 nitrogen and oxygen atoms in total. The molecular formula is C15H31NO3S. The van der Waals surface area contributed by atoms with Gasteiger partial charge >= 0.3 is 0 Å². The van der Waals surface area contributed by atoms with E-state index in [-0.39, 0.29) is 5.25 Å². The summed E-state index contributed by atoms with van der Waals surface area (Å²) in [6.45, 7) is 6.67. The molecule has 1 rings (SSSR count). The second-order valence-electron chi connectivity index (χ2n) is 5.92.